The number of hydrogen-bond acceptors (Lipinski definition) is 21. The summed E-state index contributed by atoms with van der Waals surface area (Å²) in [6, 6.07) is -9.05. The smallest absolute Gasteiger partial charge is 0.325 e. The quantitative estimate of drug-likeness (QED) is 0.0165. The van der Waals surface area contributed by atoms with Crippen LogP contribution in [0.15, 0.2) is 60.9 Å². The number of aliphatic carboxylic acids is 3. The Morgan fingerprint density at radius 2 is 1.03 bits per heavy atom. The van der Waals surface area contributed by atoms with E-state index in [-0.39, 0.29) is 38.6 Å². The molecule has 0 aliphatic carbocycles. The molecule has 0 bridgehead atoms. The van der Waals surface area contributed by atoms with Gasteiger partial charge < -0.3 is 122 Å². The van der Waals surface area contributed by atoms with E-state index < -0.39 is 260 Å². The molecule has 2 aromatic carbocycles. The fourth-order valence-electron chi connectivity index (χ4n) is 12.7. The number of H-pyrrole nitrogens is 2. The lowest BCUT2D eigenvalue weighted by Gasteiger charge is -2.30. The number of aliphatic hydroxyl groups excluding tert-OH is 1. The topological polar surface area (TPSA) is 661 Å². The van der Waals surface area contributed by atoms with Gasteiger partial charge in [-0.2, -0.15) is 0 Å². The highest BCUT2D eigenvalue weighted by molar-refractivity contribution is 8.76. The van der Waals surface area contributed by atoms with E-state index >= 15 is 19.2 Å². The molecule has 15 amide bonds. The van der Waals surface area contributed by atoms with E-state index in [0.717, 1.165) is 39.8 Å². The summed E-state index contributed by atoms with van der Waals surface area (Å²) < 4.78 is 0. The molecule has 4 heterocycles. The second-order valence-electron chi connectivity index (χ2n) is 29.0. The van der Waals surface area contributed by atoms with E-state index in [1.807, 2.05) is 0 Å². The average Bonchev–Trinajstić information content (AvgIpc) is 1.60. The number of carbonyl (C=O) groups is 18. The number of amides is 15. The molecule has 0 unspecified atom stereocenters. The van der Waals surface area contributed by atoms with Crippen LogP contribution in [0.3, 0.4) is 0 Å². The van der Waals surface area contributed by atoms with Gasteiger partial charge in [-0.25, -0.2) is 0 Å². The third-order valence-electron chi connectivity index (χ3n) is 19.2. The number of rotatable bonds is 31. The Morgan fingerprint density at radius 1 is 0.556 bits per heavy atom. The number of para-hydroxylation sites is 2. The molecule has 0 radical (unpaired) electrons. The summed E-state index contributed by atoms with van der Waals surface area (Å²) >= 11 is 0. The van der Waals surface area contributed by atoms with Crippen LogP contribution < -0.4 is 86.3 Å². The van der Waals surface area contributed by atoms with Gasteiger partial charge in [0.2, 0.25) is 82.7 Å². The number of primary amides is 1. The molecule has 27 N–H and O–H groups in total. The van der Waals surface area contributed by atoms with Gasteiger partial charge in [0.15, 0.2) is 6.04 Å². The van der Waals surface area contributed by atoms with Crippen molar-refractivity contribution in [3.8, 4) is 0 Å². The third kappa shape index (κ3) is 29.7. The van der Waals surface area contributed by atoms with Crippen LogP contribution in [0.5, 0.6) is 0 Å². The zero-order valence-electron chi connectivity index (χ0n) is 65.5. The second kappa shape index (κ2) is 46.3. The van der Waals surface area contributed by atoms with Crippen LogP contribution in [-0.2, 0) is 99.1 Å². The van der Waals surface area contributed by atoms with E-state index in [1.54, 1.807) is 68.6 Å². The number of nitrogens with one attached hydrogen (secondary N) is 15. The molecule has 640 valence electrons. The maximum atomic E-state index is 15.3. The van der Waals surface area contributed by atoms with Crippen molar-refractivity contribution in [3.05, 3.63) is 72.1 Å². The van der Waals surface area contributed by atoms with E-state index in [4.69, 9.17) is 5.73 Å². The first kappa shape index (κ1) is 94.4. The van der Waals surface area contributed by atoms with Gasteiger partial charge in [0.05, 0.1) is 19.7 Å². The van der Waals surface area contributed by atoms with Crippen molar-refractivity contribution >= 4 is 150 Å². The van der Waals surface area contributed by atoms with E-state index in [9.17, 15) is 87.5 Å². The number of benzene rings is 2. The van der Waals surface area contributed by atoms with Crippen LogP contribution in [0.25, 0.3) is 21.8 Å². The van der Waals surface area contributed by atoms with Gasteiger partial charge in [0.1, 0.15) is 78.5 Å². The number of aromatic nitrogens is 2. The van der Waals surface area contributed by atoms with Crippen LogP contribution in [-0.4, -0.2) is 264 Å². The summed E-state index contributed by atoms with van der Waals surface area (Å²) in [6.45, 7) is 5.52. The number of aliphatic hydroxyl groups is 1. The third-order valence-corrected chi connectivity index (χ3v) is 21.7. The fourth-order valence-corrected chi connectivity index (χ4v) is 15.0. The monoisotopic (exact) mass is 1680 g/mol. The van der Waals surface area contributed by atoms with Crippen molar-refractivity contribution < 1.29 is 118 Å². The van der Waals surface area contributed by atoms with Crippen LogP contribution in [0.2, 0.25) is 0 Å². The molecule has 2 aliphatic heterocycles. The number of carboxylic acid groups (broad SMARTS) is 3. The Bertz CT molecular complexity index is 4260. The minimum absolute atomic E-state index is 0.0938. The second-order valence-corrected chi connectivity index (χ2v) is 31.5. The van der Waals surface area contributed by atoms with Gasteiger partial charge in [-0.1, -0.05) is 71.8 Å². The number of nitrogens with two attached hydrogens (primary N) is 1. The Balaban J connectivity index is 1.47. The molecule has 6 rings (SSSR count). The maximum absolute atomic E-state index is 15.3. The minimum Gasteiger partial charge on any atom is -0.481 e. The van der Waals surface area contributed by atoms with Gasteiger partial charge in [-0.15, -0.1) is 0 Å². The van der Waals surface area contributed by atoms with Crippen molar-refractivity contribution in [1.82, 2.24) is 84.0 Å². The van der Waals surface area contributed by atoms with Gasteiger partial charge in [-0.3, -0.25) is 86.3 Å². The lowest BCUT2D eigenvalue weighted by Crippen LogP contribution is -2.68. The summed E-state index contributed by atoms with van der Waals surface area (Å²) in [5, 5.41) is 73.6. The first-order valence-electron chi connectivity index (χ1n) is 38.2. The summed E-state index contributed by atoms with van der Waals surface area (Å²) in [6.07, 6.45) is -0.188. The molecule has 117 heavy (non-hydrogen) atoms. The van der Waals surface area contributed by atoms with Crippen LogP contribution >= 0.6 is 21.6 Å². The lowest BCUT2D eigenvalue weighted by atomic mass is 9.99. The molecule has 43 heteroatoms. The normalized spacial score (nSPS) is 22.5. The van der Waals surface area contributed by atoms with Gasteiger partial charge in [-0.05, 0) is 101 Å². The minimum atomic E-state index is -1.96. The highest BCUT2D eigenvalue weighted by Crippen LogP contribution is 2.26. The SMILES string of the molecule is CC(C)C[C@H]1NC(=O)[C@@H](Cc2c[nH]c3ccccc23)NC(=O)[C@@H](CCC(N)=O)NC(=O)[C@@H](Cc2c[nH]c3ccccc23)NC(=O)[C@@H](CCC(=O)O)NC(=O)[C@H]2CCCN2C(=O)[C@@H](CO)NC(=O)[C@@H](CCC(=O)O)NC(=O)[C@H](NC(=O)[C@@H](C)NC(=O)CNC(=O)[C@H]([NH3+])CCCC[NH3+])CSSC[C@H](C(=O)N[C@H](C)C(=O)N[C@H](C)C(=O)O)NC1=O. The largest absolute Gasteiger partial charge is 0.481 e. The molecule has 0 saturated carbocycles. The van der Waals surface area contributed by atoms with Crippen LogP contribution in [0.4, 0.5) is 0 Å². The molecule has 2 saturated heterocycles. The standard InChI is InChI=1S/C74H105N19O22S2/c1-36(2)27-50-67(107)92-54(70(110)82-38(4)61(101)83-39(5)74(114)115)34-116-117-35-55(91-62(102)37(3)81-58(96)32-80-63(103)44(76)15-10-11-25-75)71(111)85-48(20-23-59(97)98)66(106)90-53(33-94)73(113)93-26-12-18-56(93)72(112)86-49(21-24-60(99)100)65(105)88-51(28-40-30-78-45-16-8-6-13-42(40)45)68(108)84-47(19-22-57(77)95)64(104)89-52(69(109)87-50)29-41-31-79-46-17-9-7-14-43(41)46/h6-9,13-14,16-17,30-31,36-39,44,47-56,78-79,94H,10-12,15,18-29,32-35,75-76H2,1-5H3,(H2,77,95)(H,80,103)(H,81,96)(H,82,110)(H,83,101)(H,84,108)(H,85,111)(H,86,112)(H,87,109)(H,88,105)(H,89,104)(H,90,106)(H,91,102)(H,92,107)(H,97,98)(H,99,100)(H,114,115)/p+2/t37-,38-,39-,44-,47-,48-,49-,50-,51-,52-,53-,54-,55-,56-/m1/s1. The predicted molar refractivity (Wildman–Crippen MR) is 421 cm³/mol. The first-order valence-corrected chi connectivity index (χ1v) is 40.7. The van der Waals surface area contributed by atoms with Crippen molar-refractivity contribution in [2.75, 3.05) is 37.7 Å². The Hall–Kier alpha value is -11.4. The highest BCUT2D eigenvalue weighted by Gasteiger charge is 2.42. The summed E-state index contributed by atoms with van der Waals surface area (Å²) in [4.78, 5) is 258. The van der Waals surface area contributed by atoms with E-state index in [2.05, 4.69) is 90.6 Å². The van der Waals surface area contributed by atoms with Crippen LogP contribution in [0, 0.1) is 5.92 Å². The van der Waals surface area contributed by atoms with E-state index in [1.165, 1.54) is 20.0 Å². The average molecular weight is 1680 g/mol. The van der Waals surface area contributed by atoms with Crippen molar-refractivity contribution in [3.63, 3.8) is 0 Å². The molecular formula is C74H107N19O22S2+2. The Morgan fingerprint density at radius 3 is 1.56 bits per heavy atom. The summed E-state index contributed by atoms with van der Waals surface area (Å²) in [5.74, 6) is -21.5. The molecule has 14 atom stereocenters. The number of quaternary nitrogens is 2. The Kier molecular flexibility index (Phi) is 37.4. The van der Waals surface area contributed by atoms with Gasteiger partial charge in [0.25, 0.3) is 5.91 Å². The van der Waals surface area contributed by atoms with Gasteiger partial charge >= 0.3 is 17.9 Å². The number of fused-ring (bicyclic) bond motifs is 3. The molecular weight excluding hydrogens is 1570 g/mol. The summed E-state index contributed by atoms with van der Waals surface area (Å²) in [7, 11) is 1.49. The number of hydrogen-bond donors (Lipinski definition) is 22. The number of unbranched alkanes of at least 4 members (excludes halogenated alkanes) is 1. The number of aromatic amines is 2. The number of carboxylic acids is 3. The number of nitrogens with zero attached hydrogens (tertiary/aromatic N) is 1. The molecule has 2 aliphatic rings. The van der Waals surface area contributed by atoms with Crippen molar-refractivity contribution in [1.29, 1.82) is 0 Å². The predicted octanol–water partition coefficient (Wildman–Crippen LogP) is -6.05. The zero-order chi connectivity index (χ0) is 86.3. The molecule has 2 fully saturated rings. The molecule has 41 nitrogen and oxygen atoms in total. The van der Waals surface area contributed by atoms with Crippen molar-refractivity contribution in [2.24, 2.45) is 11.7 Å². The maximum Gasteiger partial charge on any atom is 0.325 e. The molecule has 2 aromatic heterocycles. The first-order chi connectivity index (χ1) is 55.5. The molecule has 4 aromatic rings. The lowest BCUT2D eigenvalue weighted by molar-refractivity contribution is -0.406. The Labute approximate surface area is 679 Å². The number of carbonyl (C=O) groups excluding carboxylic acids is 15. The fraction of sp³-hybridized carbons (Fsp3) is 0.541. The van der Waals surface area contributed by atoms with Gasteiger partial charge in [0, 0.05) is 90.8 Å². The highest BCUT2D eigenvalue weighted by atomic mass is 33.1. The van der Waals surface area contributed by atoms with Crippen LogP contribution in [0.1, 0.15) is 123 Å². The zero-order valence-corrected chi connectivity index (χ0v) is 67.1. The van der Waals surface area contributed by atoms with E-state index in [0.29, 0.717) is 52.3 Å². The van der Waals surface area contributed by atoms with Crippen molar-refractivity contribution in [2.45, 2.75) is 209 Å². The molecule has 0 spiro atoms. The summed E-state index contributed by atoms with van der Waals surface area (Å²) in [5.41, 5.74) is 15.3.